The Kier molecular flexibility index (Phi) is 3.33. The minimum atomic E-state index is -2.52. The van der Waals surface area contributed by atoms with Crippen molar-refractivity contribution in [2.75, 3.05) is 12.3 Å². The molecule has 2 aromatic heterocycles. The third kappa shape index (κ3) is 1.93. The Morgan fingerprint density at radius 3 is 2.78 bits per heavy atom. The van der Waals surface area contributed by atoms with E-state index in [0.29, 0.717) is 0 Å². The molecule has 23 heavy (non-hydrogen) atoms. The first kappa shape index (κ1) is 15.4. The van der Waals surface area contributed by atoms with Gasteiger partial charge >= 0.3 is 5.97 Å². The summed E-state index contributed by atoms with van der Waals surface area (Å²) in [5, 5.41) is 38.8. The van der Waals surface area contributed by atoms with Gasteiger partial charge < -0.3 is 30.9 Å². The van der Waals surface area contributed by atoms with Gasteiger partial charge in [0.2, 0.25) is 5.95 Å². The van der Waals surface area contributed by atoms with Gasteiger partial charge in [0.25, 0.3) is 11.3 Å². The van der Waals surface area contributed by atoms with Crippen molar-refractivity contribution in [3.8, 4) is 0 Å². The second kappa shape index (κ2) is 4.99. The number of rotatable bonds is 3. The summed E-state index contributed by atoms with van der Waals surface area (Å²) < 4.78 is 5.99. The number of imidazole rings is 1. The lowest BCUT2D eigenvalue weighted by Crippen LogP contribution is -2.51. The largest absolute Gasteiger partial charge is 0.478 e. The molecule has 7 N–H and O–H groups in total. The predicted octanol–water partition coefficient (Wildman–Crippen LogP) is -3.45. The van der Waals surface area contributed by atoms with E-state index in [9.17, 15) is 24.9 Å². The molecule has 0 unspecified atom stereocenters. The molecule has 0 radical (unpaired) electrons. The number of aliphatic hydroxyl groups is 3. The van der Waals surface area contributed by atoms with Gasteiger partial charge in [-0.05, 0) is 0 Å². The van der Waals surface area contributed by atoms with Crippen LogP contribution in [0, 0.1) is 0 Å². The highest BCUT2D eigenvalue weighted by molar-refractivity contribution is 5.80. The molecule has 0 aromatic carbocycles. The molecular formula is C11H13N5O7. The number of hydrogen-bond acceptors (Lipinski definition) is 9. The van der Waals surface area contributed by atoms with Crippen molar-refractivity contribution in [2.45, 2.75) is 24.0 Å². The molecule has 12 nitrogen and oxygen atoms in total. The predicted molar refractivity (Wildman–Crippen MR) is 72.1 cm³/mol. The van der Waals surface area contributed by atoms with Crippen molar-refractivity contribution in [1.29, 1.82) is 0 Å². The summed E-state index contributed by atoms with van der Waals surface area (Å²) >= 11 is 0. The van der Waals surface area contributed by atoms with E-state index in [0.717, 1.165) is 10.9 Å². The number of nitrogens with zero attached hydrogens (tertiary/aromatic N) is 3. The van der Waals surface area contributed by atoms with Crippen molar-refractivity contribution in [3.63, 3.8) is 0 Å². The standard InChI is InChI=1S/C11H13N5O7/c12-10-14-7-4(8(20)15-10)13-2-16(7)11(9(21)22)6(19)5(18)3(1-17)23-11/h2-3,5-6,17-19H,1H2,(H,21,22)(H3,12,14,15,20)/t3-,5-,6-,11+/m1/s1. The molecule has 0 bridgehead atoms. The van der Waals surface area contributed by atoms with Crippen LogP contribution >= 0.6 is 0 Å². The SMILES string of the molecule is Nc1nc2c(ncn2[C@]2(C(=O)O)O[C@H](CO)[C@@H](O)[C@H]2O)c(=O)[nH]1. The summed E-state index contributed by atoms with van der Waals surface area (Å²) in [7, 11) is 0. The molecule has 1 fully saturated rings. The number of aromatic nitrogens is 4. The molecule has 1 saturated heterocycles. The fraction of sp³-hybridized carbons (Fsp3) is 0.455. The number of aliphatic hydroxyl groups excluding tert-OH is 3. The average Bonchev–Trinajstić information content (AvgIpc) is 3.01. The number of nitrogen functional groups attached to an aromatic ring is 1. The Balaban J connectivity index is 2.29. The first-order chi connectivity index (χ1) is 10.8. The van der Waals surface area contributed by atoms with Crippen LogP contribution in [0.4, 0.5) is 5.95 Å². The third-order valence-corrected chi connectivity index (χ3v) is 3.71. The number of hydrogen-bond donors (Lipinski definition) is 6. The Morgan fingerprint density at radius 2 is 2.22 bits per heavy atom. The quantitative estimate of drug-likeness (QED) is 0.329. The number of carboxylic acid groups (broad SMARTS) is 1. The first-order valence-corrected chi connectivity index (χ1v) is 6.44. The fourth-order valence-electron chi connectivity index (χ4n) is 2.60. The maximum Gasteiger partial charge on any atom is 0.361 e. The fourth-order valence-corrected chi connectivity index (χ4v) is 2.60. The van der Waals surface area contributed by atoms with E-state index in [-0.39, 0.29) is 17.1 Å². The highest BCUT2D eigenvalue weighted by atomic mass is 16.6. The molecule has 12 heteroatoms. The lowest BCUT2D eigenvalue weighted by Gasteiger charge is -2.28. The van der Waals surface area contributed by atoms with Crippen LogP contribution in [0.1, 0.15) is 0 Å². The first-order valence-electron chi connectivity index (χ1n) is 6.44. The smallest absolute Gasteiger partial charge is 0.361 e. The van der Waals surface area contributed by atoms with E-state index >= 15 is 0 Å². The molecule has 0 saturated carbocycles. The summed E-state index contributed by atoms with van der Waals surface area (Å²) in [6, 6.07) is 0. The van der Waals surface area contributed by atoms with E-state index in [2.05, 4.69) is 15.0 Å². The van der Waals surface area contributed by atoms with Gasteiger partial charge in [0.15, 0.2) is 11.2 Å². The lowest BCUT2D eigenvalue weighted by molar-refractivity contribution is -0.194. The molecule has 1 aliphatic rings. The minimum absolute atomic E-state index is 0.224. The van der Waals surface area contributed by atoms with Crippen LogP contribution in [0.2, 0.25) is 0 Å². The van der Waals surface area contributed by atoms with E-state index in [1.807, 2.05) is 0 Å². The van der Waals surface area contributed by atoms with E-state index in [1.165, 1.54) is 0 Å². The number of carbonyl (C=O) groups is 1. The number of nitrogens with two attached hydrogens (primary N) is 1. The number of fused-ring (bicyclic) bond motifs is 1. The average molecular weight is 327 g/mol. The number of ether oxygens (including phenoxy) is 1. The van der Waals surface area contributed by atoms with Gasteiger partial charge in [0.05, 0.1) is 6.61 Å². The Morgan fingerprint density at radius 1 is 1.52 bits per heavy atom. The van der Waals surface area contributed by atoms with Crippen LogP contribution < -0.4 is 11.3 Å². The highest BCUT2D eigenvalue weighted by Gasteiger charge is 2.61. The summed E-state index contributed by atoms with van der Waals surface area (Å²) in [6.45, 7) is -0.726. The zero-order chi connectivity index (χ0) is 16.9. The number of nitrogens with one attached hydrogen (secondary N) is 1. The zero-order valence-corrected chi connectivity index (χ0v) is 11.4. The molecule has 0 spiro atoms. The molecule has 0 amide bonds. The molecule has 0 aliphatic carbocycles. The van der Waals surface area contributed by atoms with Gasteiger partial charge in [-0.1, -0.05) is 0 Å². The molecular weight excluding hydrogens is 314 g/mol. The minimum Gasteiger partial charge on any atom is -0.478 e. The number of anilines is 1. The number of aromatic amines is 1. The van der Waals surface area contributed by atoms with Gasteiger partial charge in [-0.15, -0.1) is 0 Å². The Labute approximate surface area is 126 Å². The molecule has 124 valence electrons. The number of aliphatic carboxylic acids is 1. The van der Waals surface area contributed by atoms with Crippen molar-refractivity contribution in [3.05, 3.63) is 16.7 Å². The normalized spacial score (nSPS) is 30.8. The van der Waals surface area contributed by atoms with Gasteiger partial charge in [-0.3, -0.25) is 14.3 Å². The maximum atomic E-state index is 11.8. The molecule has 4 atom stereocenters. The molecule has 3 rings (SSSR count). The summed E-state index contributed by atoms with van der Waals surface area (Å²) in [4.78, 5) is 33.3. The van der Waals surface area contributed by atoms with Gasteiger partial charge in [0, 0.05) is 0 Å². The van der Waals surface area contributed by atoms with Crippen molar-refractivity contribution < 1.29 is 30.0 Å². The molecule has 3 heterocycles. The van der Waals surface area contributed by atoms with Crippen LogP contribution in [0.25, 0.3) is 11.2 Å². The second-order valence-electron chi connectivity index (χ2n) is 5.01. The van der Waals surface area contributed by atoms with E-state index in [1.54, 1.807) is 0 Å². The summed E-state index contributed by atoms with van der Waals surface area (Å²) in [5.41, 5.74) is 1.73. The highest BCUT2D eigenvalue weighted by Crippen LogP contribution is 2.37. The van der Waals surface area contributed by atoms with Crippen LogP contribution in [-0.2, 0) is 15.3 Å². The zero-order valence-electron chi connectivity index (χ0n) is 11.4. The summed E-state index contributed by atoms with van der Waals surface area (Å²) in [6.07, 6.45) is -4.04. The third-order valence-electron chi connectivity index (χ3n) is 3.71. The van der Waals surface area contributed by atoms with Crippen molar-refractivity contribution in [2.24, 2.45) is 0 Å². The van der Waals surface area contributed by atoms with E-state index < -0.39 is 42.2 Å². The van der Waals surface area contributed by atoms with Crippen molar-refractivity contribution >= 4 is 23.1 Å². The Hall–Kier alpha value is -2.54. The van der Waals surface area contributed by atoms with Crippen LogP contribution in [-0.4, -0.2) is 70.8 Å². The van der Waals surface area contributed by atoms with Crippen LogP contribution in [0.3, 0.4) is 0 Å². The maximum absolute atomic E-state index is 11.8. The van der Waals surface area contributed by atoms with E-state index in [4.69, 9.17) is 15.6 Å². The van der Waals surface area contributed by atoms with Gasteiger partial charge in [-0.2, -0.15) is 4.98 Å². The van der Waals surface area contributed by atoms with Gasteiger partial charge in [0.1, 0.15) is 24.6 Å². The van der Waals surface area contributed by atoms with Gasteiger partial charge in [-0.25, -0.2) is 9.78 Å². The molecule has 1 aliphatic heterocycles. The lowest BCUT2D eigenvalue weighted by atomic mass is 10.0. The summed E-state index contributed by atoms with van der Waals surface area (Å²) in [5.74, 6) is -1.96. The Bertz CT molecular complexity index is 832. The molecule has 2 aromatic rings. The topological polar surface area (TPSA) is 197 Å². The van der Waals surface area contributed by atoms with Crippen LogP contribution in [0.15, 0.2) is 11.1 Å². The number of H-pyrrole nitrogens is 1. The number of carboxylic acids is 1. The van der Waals surface area contributed by atoms with Crippen LogP contribution in [0.5, 0.6) is 0 Å². The monoisotopic (exact) mass is 327 g/mol. The second-order valence-corrected chi connectivity index (χ2v) is 5.01. The van der Waals surface area contributed by atoms with Crippen molar-refractivity contribution in [1.82, 2.24) is 19.5 Å².